The van der Waals surface area contributed by atoms with Crippen molar-refractivity contribution in [2.75, 3.05) is 13.2 Å². The molecule has 0 saturated carbocycles. The Morgan fingerprint density at radius 1 is 1.35 bits per heavy atom. The number of para-hydroxylation sites is 1. The van der Waals surface area contributed by atoms with E-state index in [2.05, 4.69) is 0 Å². The Bertz CT molecular complexity index is 594. The van der Waals surface area contributed by atoms with Crippen LogP contribution in [-0.4, -0.2) is 18.3 Å². The summed E-state index contributed by atoms with van der Waals surface area (Å²) < 4.78 is 5.88. The standard InChI is InChI=1S/C16H19NO2S/c1-15(18,14-7-4-8-20-14)16(10-17)9-12-5-2-3-6-13(12)19-11-16/h2-8,18H,9-11,17H2,1H3. The second kappa shape index (κ2) is 4.88. The molecule has 2 unspecified atom stereocenters. The number of aliphatic hydroxyl groups is 1. The van der Waals surface area contributed by atoms with Gasteiger partial charge in [-0.2, -0.15) is 0 Å². The summed E-state index contributed by atoms with van der Waals surface area (Å²) in [6.45, 7) is 2.67. The summed E-state index contributed by atoms with van der Waals surface area (Å²) in [5.74, 6) is 0.901. The van der Waals surface area contributed by atoms with Crippen LogP contribution in [0.3, 0.4) is 0 Å². The first kappa shape index (κ1) is 13.6. The Balaban J connectivity index is 2.02. The van der Waals surface area contributed by atoms with Gasteiger partial charge in [-0.3, -0.25) is 0 Å². The average molecular weight is 289 g/mol. The SMILES string of the molecule is CC(O)(c1cccs1)C1(CN)COc2ccccc2C1. The molecule has 2 atom stereocenters. The zero-order valence-electron chi connectivity index (χ0n) is 11.5. The molecule has 3 rings (SSSR count). The molecule has 3 nitrogen and oxygen atoms in total. The van der Waals surface area contributed by atoms with Crippen LogP contribution >= 0.6 is 11.3 Å². The number of fused-ring (bicyclic) bond motifs is 1. The van der Waals surface area contributed by atoms with Gasteiger partial charge in [0.1, 0.15) is 11.4 Å². The van der Waals surface area contributed by atoms with Crippen LogP contribution in [0.5, 0.6) is 5.75 Å². The summed E-state index contributed by atoms with van der Waals surface area (Å²) in [6, 6.07) is 11.9. The lowest BCUT2D eigenvalue weighted by Crippen LogP contribution is -2.55. The molecular weight excluding hydrogens is 270 g/mol. The number of hydrogen-bond donors (Lipinski definition) is 2. The summed E-state index contributed by atoms with van der Waals surface area (Å²) in [5, 5.41) is 13.1. The van der Waals surface area contributed by atoms with Gasteiger partial charge in [0.25, 0.3) is 0 Å². The second-order valence-corrected chi connectivity index (χ2v) is 6.55. The lowest BCUT2D eigenvalue weighted by Gasteiger charge is -2.46. The Labute approximate surface area is 123 Å². The maximum absolute atomic E-state index is 11.1. The highest BCUT2D eigenvalue weighted by Gasteiger charge is 2.50. The van der Waals surface area contributed by atoms with Crippen LogP contribution in [-0.2, 0) is 12.0 Å². The third-order valence-electron chi connectivity index (χ3n) is 4.43. The smallest absolute Gasteiger partial charge is 0.122 e. The predicted octanol–water partition coefficient (Wildman–Crippen LogP) is 2.54. The largest absolute Gasteiger partial charge is 0.493 e. The van der Waals surface area contributed by atoms with Crippen molar-refractivity contribution in [2.24, 2.45) is 11.1 Å². The summed E-state index contributed by atoms with van der Waals surface area (Å²) in [5.41, 5.74) is 5.67. The topological polar surface area (TPSA) is 55.5 Å². The Morgan fingerprint density at radius 2 is 2.15 bits per heavy atom. The number of rotatable bonds is 3. The van der Waals surface area contributed by atoms with Gasteiger partial charge in [-0.1, -0.05) is 24.3 Å². The Morgan fingerprint density at radius 3 is 2.85 bits per heavy atom. The van der Waals surface area contributed by atoms with Gasteiger partial charge in [0, 0.05) is 11.4 Å². The van der Waals surface area contributed by atoms with Crippen molar-refractivity contribution >= 4 is 11.3 Å². The molecule has 0 amide bonds. The molecule has 106 valence electrons. The fourth-order valence-corrected chi connectivity index (χ4v) is 3.79. The quantitative estimate of drug-likeness (QED) is 0.913. The van der Waals surface area contributed by atoms with Crippen LogP contribution in [0.15, 0.2) is 41.8 Å². The van der Waals surface area contributed by atoms with Crippen molar-refractivity contribution in [1.29, 1.82) is 0 Å². The van der Waals surface area contributed by atoms with E-state index in [4.69, 9.17) is 10.5 Å². The number of hydrogen-bond acceptors (Lipinski definition) is 4. The molecule has 2 aromatic rings. The monoisotopic (exact) mass is 289 g/mol. The highest BCUT2D eigenvalue weighted by molar-refractivity contribution is 7.10. The fraction of sp³-hybridized carbons (Fsp3) is 0.375. The molecule has 1 aliphatic rings. The summed E-state index contributed by atoms with van der Waals surface area (Å²) in [4.78, 5) is 0.936. The van der Waals surface area contributed by atoms with Gasteiger partial charge < -0.3 is 15.6 Å². The first-order valence-electron chi connectivity index (χ1n) is 6.76. The van der Waals surface area contributed by atoms with E-state index in [1.165, 1.54) is 0 Å². The molecule has 0 bridgehead atoms. The third kappa shape index (κ3) is 1.95. The van der Waals surface area contributed by atoms with Gasteiger partial charge in [-0.15, -0.1) is 11.3 Å². The van der Waals surface area contributed by atoms with Gasteiger partial charge in [0.15, 0.2) is 0 Å². The predicted molar refractivity (Wildman–Crippen MR) is 81.0 cm³/mol. The zero-order valence-corrected chi connectivity index (χ0v) is 12.3. The molecule has 1 aromatic heterocycles. The molecule has 0 radical (unpaired) electrons. The van der Waals surface area contributed by atoms with E-state index < -0.39 is 11.0 Å². The normalized spacial score (nSPS) is 24.6. The summed E-state index contributed by atoms with van der Waals surface area (Å²) in [6.07, 6.45) is 0.727. The molecule has 2 heterocycles. The lowest BCUT2D eigenvalue weighted by atomic mass is 9.67. The molecular formula is C16H19NO2S. The lowest BCUT2D eigenvalue weighted by molar-refractivity contribution is -0.0975. The minimum Gasteiger partial charge on any atom is -0.493 e. The minimum absolute atomic E-state index is 0.381. The molecule has 4 heteroatoms. The Kier molecular flexibility index (Phi) is 3.32. The van der Waals surface area contributed by atoms with Gasteiger partial charge in [0.2, 0.25) is 0 Å². The maximum Gasteiger partial charge on any atom is 0.122 e. The van der Waals surface area contributed by atoms with E-state index in [9.17, 15) is 5.11 Å². The van der Waals surface area contributed by atoms with Gasteiger partial charge in [-0.25, -0.2) is 0 Å². The number of benzene rings is 1. The van der Waals surface area contributed by atoms with Crippen molar-refractivity contribution in [3.8, 4) is 5.75 Å². The molecule has 0 saturated heterocycles. The van der Waals surface area contributed by atoms with E-state index in [1.807, 2.05) is 48.7 Å². The average Bonchev–Trinajstić information content (AvgIpc) is 3.01. The highest BCUT2D eigenvalue weighted by atomic mass is 32.1. The Hall–Kier alpha value is -1.36. The molecule has 20 heavy (non-hydrogen) atoms. The van der Waals surface area contributed by atoms with Crippen molar-refractivity contribution in [2.45, 2.75) is 18.9 Å². The molecule has 1 aliphatic heterocycles. The van der Waals surface area contributed by atoms with Gasteiger partial charge in [-0.05, 0) is 36.4 Å². The molecule has 0 aliphatic carbocycles. The first-order valence-corrected chi connectivity index (χ1v) is 7.64. The minimum atomic E-state index is -0.997. The fourth-order valence-electron chi connectivity index (χ4n) is 2.88. The van der Waals surface area contributed by atoms with Crippen molar-refractivity contribution in [3.05, 3.63) is 52.2 Å². The van der Waals surface area contributed by atoms with E-state index in [-0.39, 0.29) is 0 Å². The number of thiophene rings is 1. The van der Waals surface area contributed by atoms with E-state index in [0.29, 0.717) is 13.2 Å². The van der Waals surface area contributed by atoms with Crippen molar-refractivity contribution in [3.63, 3.8) is 0 Å². The second-order valence-electron chi connectivity index (χ2n) is 5.61. The van der Waals surface area contributed by atoms with Crippen LogP contribution in [0.2, 0.25) is 0 Å². The van der Waals surface area contributed by atoms with Crippen LogP contribution in [0.4, 0.5) is 0 Å². The van der Waals surface area contributed by atoms with Crippen molar-refractivity contribution in [1.82, 2.24) is 0 Å². The zero-order chi connectivity index (χ0) is 14.2. The van der Waals surface area contributed by atoms with Crippen LogP contribution < -0.4 is 10.5 Å². The maximum atomic E-state index is 11.1. The number of ether oxygens (including phenoxy) is 1. The molecule has 0 spiro atoms. The van der Waals surface area contributed by atoms with Gasteiger partial charge >= 0.3 is 0 Å². The van der Waals surface area contributed by atoms with Crippen LogP contribution in [0.25, 0.3) is 0 Å². The molecule has 3 N–H and O–H groups in total. The van der Waals surface area contributed by atoms with Crippen molar-refractivity contribution < 1.29 is 9.84 Å². The van der Waals surface area contributed by atoms with Gasteiger partial charge in [0.05, 0.1) is 12.0 Å². The van der Waals surface area contributed by atoms with E-state index in [1.54, 1.807) is 11.3 Å². The van der Waals surface area contributed by atoms with E-state index >= 15 is 0 Å². The van der Waals surface area contributed by atoms with Crippen LogP contribution in [0, 0.1) is 5.41 Å². The van der Waals surface area contributed by atoms with E-state index in [0.717, 1.165) is 22.6 Å². The summed E-state index contributed by atoms with van der Waals surface area (Å²) in [7, 11) is 0. The molecule has 1 aromatic carbocycles. The first-order chi connectivity index (χ1) is 9.59. The summed E-state index contributed by atoms with van der Waals surface area (Å²) >= 11 is 1.56. The third-order valence-corrected chi connectivity index (χ3v) is 5.51. The number of nitrogens with two attached hydrogens (primary N) is 1. The highest BCUT2D eigenvalue weighted by Crippen LogP contribution is 2.47. The molecule has 0 fully saturated rings. The van der Waals surface area contributed by atoms with Crippen LogP contribution in [0.1, 0.15) is 17.4 Å².